The zero-order valence-corrected chi connectivity index (χ0v) is 18.4. The Balaban J connectivity index is 1.39. The third-order valence-electron chi connectivity index (χ3n) is 6.42. The van der Waals surface area contributed by atoms with Crippen molar-refractivity contribution in [2.75, 3.05) is 39.4 Å². The van der Waals surface area contributed by atoms with Crippen LogP contribution in [-0.4, -0.2) is 69.2 Å². The van der Waals surface area contributed by atoms with Gasteiger partial charge in [-0.25, -0.2) is 8.42 Å². The van der Waals surface area contributed by atoms with E-state index in [2.05, 4.69) is 0 Å². The Hall–Kier alpha value is -1.69. The molecule has 3 heterocycles. The predicted molar refractivity (Wildman–Crippen MR) is 108 cm³/mol. The topological polar surface area (TPSA) is 76.2 Å². The molecule has 1 unspecified atom stereocenters. The van der Waals surface area contributed by atoms with E-state index in [4.69, 9.17) is 9.47 Å². The summed E-state index contributed by atoms with van der Waals surface area (Å²) in [5, 5.41) is 0. The summed E-state index contributed by atoms with van der Waals surface area (Å²) < 4.78 is 78.0. The van der Waals surface area contributed by atoms with Gasteiger partial charge in [-0.05, 0) is 37.8 Å². The molecule has 0 spiro atoms. The summed E-state index contributed by atoms with van der Waals surface area (Å²) in [4.78, 5) is 14.1. The fourth-order valence-corrected chi connectivity index (χ4v) is 6.43. The number of halogens is 3. The van der Waals surface area contributed by atoms with E-state index in [0.717, 1.165) is 29.3 Å². The Kier molecular flexibility index (Phi) is 6.81. The van der Waals surface area contributed by atoms with Crippen molar-refractivity contribution in [2.24, 2.45) is 11.8 Å². The van der Waals surface area contributed by atoms with Crippen molar-refractivity contribution < 1.29 is 35.9 Å². The van der Waals surface area contributed by atoms with E-state index in [1.165, 1.54) is 12.1 Å². The number of amides is 1. The second-order valence-corrected chi connectivity index (χ2v) is 10.4. The number of piperidine rings is 2. The highest BCUT2D eigenvalue weighted by Gasteiger charge is 2.41. The van der Waals surface area contributed by atoms with E-state index < -0.39 is 26.7 Å². The molecule has 0 bridgehead atoms. The Morgan fingerprint density at radius 2 is 1.66 bits per heavy atom. The number of sulfonamides is 1. The number of nitrogens with zero attached hydrogens (tertiary/aromatic N) is 2. The van der Waals surface area contributed by atoms with Gasteiger partial charge in [-0.15, -0.1) is 0 Å². The van der Waals surface area contributed by atoms with Crippen LogP contribution in [0, 0.1) is 11.8 Å². The number of hydrogen-bond donors (Lipinski definition) is 0. The van der Waals surface area contributed by atoms with Gasteiger partial charge in [0.1, 0.15) is 0 Å². The monoisotopic (exact) mass is 476 g/mol. The normalized spacial score (nSPS) is 24.7. The Labute approximate surface area is 185 Å². The molecule has 1 amide bonds. The summed E-state index contributed by atoms with van der Waals surface area (Å²) in [5.74, 6) is -0.251. The Bertz CT molecular complexity index is 926. The number of hydrogen-bond acceptors (Lipinski definition) is 5. The molecular formula is C21H27F3N2O5S. The van der Waals surface area contributed by atoms with Crippen LogP contribution in [0.1, 0.15) is 31.2 Å². The summed E-state index contributed by atoms with van der Waals surface area (Å²) >= 11 is 0. The number of carbonyl (C=O) groups is 1. The maximum Gasteiger partial charge on any atom is 0.417 e. The summed E-state index contributed by atoms with van der Waals surface area (Å²) in [6.07, 6.45) is -2.72. The molecule has 3 saturated heterocycles. The molecule has 3 aliphatic heterocycles. The summed E-state index contributed by atoms with van der Waals surface area (Å²) in [5.41, 5.74) is -1.17. The maximum atomic E-state index is 13.3. The molecule has 7 nitrogen and oxygen atoms in total. The highest BCUT2D eigenvalue weighted by atomic mass is 32.2. The maximum absolute atomic E-state index is 13.3. The molecule has 1 aromatic rings. The SMILES string of the molecule is O=C(C1CCN(S(=O)(=O)c2ccccc2C(F)(F)F)CC1)N1CCCC(C2OCCO2)C1. The molecule has 1 atom stereocenters. The largest absolute Gasteiger partial charge is 0.417 e. The lowest BCUT2D eigenvalue weighted by Crippen LogP contribution is -2.48. The van der Waals surface area contributed by atoms with Gasteiger partial charge in [-0.1, -0.05) is 12.1 Å². The van der Waals surface area contributed by atoms with E-state index >= 15 is 0 Å². The molecule has 32 heavy (non-hydrogen) atoms. The van der Waals surface area contributed by atoms with Crippen LogP contribution in [0.15, 0.2) is 29.2 Å². The first-order valence-electron chi connectivity index (χ1n) is 10.9. The van der Waals surface area contributed by atoms with Crippen LogP contribution in [-0.2, 0) is 30.5 Å². The molecule has 1 aromatic carbocycles. The van der Waals surface area contributed by atoms with Crippen LogP contribution in [0.5, 0.6) is 0 Å². The van der Waals surface area contributed by atoms with Gasteiger partial charge in [-0.2, -0.15) is 17.5 Å². The molecule has 4 rings (SSSR count). The van der Waals surface area contributed by atoms with Gasteiger partial charge in [0.05, 0.1) is 23.7 Å². The van der Waals surface area contributed by atoms with E-state index in [1.54, 1.807) is 4.90 Å². The zero-order valence-electron chi connectivity index (χ0n) is 17.6. The van der Waals surface area contributed by atoms with Gasteiger partial charge >= 0.3 is 6.18 Å². The standard InChI is InChI=1S/C21H27F3N2O5S/c22-21(23,24)17-5-1-2-6-18(17)32(28,29)26-10-7-15(8-11-26)19(27)25-9-3-4-16(14-25)20-30-12-13-31-20/h1-2,5-6,15-16,20H,3-4,7-14H2. The fourth-order valence-electron chi connectivity index (χ4n) is 4.75. The Morgan fingerprint density at radius 1 is 1.00 bits per heavy atom. The number of carbonyl (C=O) groups excluding carboxylic acids is 1. The number of likely N-dealkylation sites (tertiary alicyclic amines) is 1. The molecular weight excluding hydrogens is 449 g/mol. The average molecular weight is 477 g/mol. The zero-order chi connectivity index (χ0) is 22.9. The van der Waals surface area contributed by atoms with Gasteiger partial charge in [0, 0.05) is 38.0 Å². The number of benzene rings is 1. The first kappa shape index (κ1) is 23.5. The van der Waals surface area contributed by atoms with Gasteiger partial charge < -0.3 is 14.4 Å². The highest BCUT2D eigenvalue weighted by Crippen LogP contribution is 2.36. The minimum atomic E-state index is -4.77. The van der Waals surface area contributed by atoms with Gasteiger partial charge in [0.2, 0.25) is 15.9 Å². The highest BCUT2D eigenvalue weighted by molar-refractivity contribution is 7.89. The average Bonchev–Trinajstić information content (AvgIpc) is 3.33. The first-order chi connectivity index (χ1) is 15.2. The van der Waals surface area contributed by atoms with Crippen molar-refractivity contribution in [3.63, 3.8) is 0 Å². The number of rotatable bonds is 4. The second kappa shape index (κ2) is 9.28. The van der Waals surface area contributed by atoms with Gasteiger partial charge in [0.25, 0.3) is 0 Å². The van der Waals surface area contributed by atoms with E-state index in [9.17, 15) is 26.4 Å². The second-order valence-electron chi connectivity index (χ2n) is 8.47. The summed E-state index contributed by atoms with van der Waals surface area (Å²) in [6, 6.07) is 4.20. The smallest absolute Gasteiger partial charge is 0.350 e. The molecule has 3 fully saturated rings. The molecule has 0 aliphatic carbocycles. The van der Waals surface area contributed by atoms with Crippen molar-refractivity contribution in [3.8, 4) is 0 Å². The van der Waals surface area contributed by atoms with Crippen LogP contribution >= 0.6 is 0 Å². The fraction of sp³-hybridized carbons (Fsp3) is 0.667. The number of ether oxygens (including phenoxy) is 2. The molecule has 3 aliphatic rings. The van der Waals surface area contributed by atoms with E-state index in [-0.39, 0.29) is 50.0 Å². The van der Waals surface area contributed by atoms with Crippen molar-refractivity contribution in [1.29, 1.82) is 0 Å². The molecule has 0 aromatic heterocycles. The minimum Gasteiger partial charge on any atom is -0.350 e. The van der Waals surface area contributed by atoms with Crippen LogP contribution in [0.25, 0.3) is 0 Å². The van der Waals surface area contributed by atoms with Crippen LogP contribution < -0.4 is 0 Å². The third-order valence-corrected chi connectivity index (χ3v) is 8.37. The third kappa shape index (κ3) is 4.80. The van der Waals surface area contributed by atoms with E-state index in [0.29, 0.717) is 26.3 Å². The molecule has 0 radical (unpaired) electrons. The minimum absolute atomic E-state index is 0.0110. The van der Waals surface area contributed by atoms with Crippen LogP contribution in [0.2, 0.25) is 0 Å². The van der Waals surface area contributed by atoms with Crippen molar-refractivity contribution >= 4 is 15.9 Å². The van der Waals surface area contributed by atoms with Crippen LogP contribution in [0.3, 0.4) is 0 Å². The van der Waals surface area contributed by atoms with Gasteiger partial charge in [-0.3, -0.25) is 4.79 Å². The summed E-state index contributed by atoms with van der Waals surface area (Å²) in [6.45, 7) is 2.31. The summed E-state index contributed by atoms with van der Waals surface area (Å²) in [7, 11) is -4.31. The molecule has 0 N–H and O–H groups in total. The van der Waals surface area contributed by atoms with Crippen LogP contribution in [0.4, 0.5) is 13.2 Å². The molecule has 11 heteroatoms. The molecule has 0 saturated carbocycles. The van der Waals surface area contributed by atoms with Crippen molar-refractivity contribution in [2.45, 2.75) is 43.0 Å². The number of alkyl halides is 3. The quantitative estimate of drug-likeness (QED) is 0.668. The predicted octanol–water partition coefficient (Wildman–Crippen LogP) is 2.72. The lowest BCUT2D eigenvalue weighted by Gasteiger charge is -2.38. The van der Waals surface area contributed by atoms with Crippen molar-refractivity contribution in [1.82, 2.24) is 9.21 Å². The lowest BCUT2D eigenvalue weighted by atomic mass is 9.92. The van der Waals surface area contributed by atoms with Crippen molar-refractivity contribution in [3.05, 3.63) is 29.8 Å². The first-order valence-corrected chi connectivity index (χ1v) is 12.3. The Morgan fingerprint density at radius 3 is 2.31 bits per heavy atom. The van der Waals surface area contributed by atoms with E-state index in [1.807, 2.05) is 0 Å². The molecule has 178 valence electrons. The van der Waals surface area contributed by atoms with Gasteiger partial charge in [0.15, 0.2) is 6.29 Å². The lowest BCUT2D eigenvalue weighted by molar-refractivity contribution is -0.144.